The Hall–Kier alpha value is -4.48. The van der Waals surface area contributed by atoms with Crippen LogP contribution in [0.5, 0.6) is 0 Å². The van der Waals surface area contributed by atoms with Gasteiger partial charge in [0.05, 0.1) is 16.7 Å². The van der Waals surface area contributed by atoms with Crippen molar-refractivity contribution in [2.24, 2.45) is 5.73 Å². The summed E-state index contributed by atoms with van der Waals surface area (Å²) in [6, 6.07) is 11.1. The molecule has 0 atom stereocenters. The van der Waals surface area contributed by atoms with Gasteiger partial charge in [-0.15, -0.1) is 5.10 Å². The molecule has 0 saturated heterocycles. The molecule has 2 N–H and O–H groups in total. The van der Waals surface area contributed by atoms with Crippen molar-refractivity contribution in [2.45, 2.75) is 12.4 Å². The Morgan fingerprint density at radius 1 is 0.778 bits per heavy atom. The van der Waals surface area contributed by atoms with E-state index >= 15 is 0 Å². The molecule has 4 aromatic rings. The van der Waals surface area contributed by atoms with E-state index in [9.17, 15) is 31.1 Å². The van der Waals surface area contributed by atoms with E-state index in [2.05, 4.69) is 15.1 Å². The molecule has 0 spiro atoms. The number of nitrogens with two attached hydrogens (primary N) is 1. The highest BCUT2D eigenvalue weighted by atomic mass is 19.4. The second kappa shape index (κ2) is 9.29. The van der Waals surface area contributed by atoms with Crippen molar-refractivity contribution >= 4 is 17.7 Å². The van der Waals surface area contributed by atoms with Crippen LogP contribution in [0.1, 0.15) is 16.7 Å². The van der Waals surface area contributed by atoms with Gasteiger partial charge in [-0.25, -0.2) is 9.67 Å². The largest absolute Gasteiger partial charge is 0.416 e. The summed E-state index contributed by atoms with van der Waals surface area (Å²) < 4.78 is 79.0. The van der Waals surface area contributed by atoms with Crippen LogP contribution in [0.25, 0.3) is 34.5 Å². The van der Waals surface area contributed by atoms with Crippen LogP contribution in [0.4, 0.5) is 26.3 Å². The highest BCUT2D eigenvalue weighted by molar-refractivity contribution is 6.22. The minimum atomic E-state index is -4.56. The second-order valence-corrected chi connectivity index (χ2v) is 7.50. The normalized spacial score (nSPS) is 12.6. The van der Waals surface area contributed by atoms with Crippen molar-refractivity contribution in [1.82, 2.24) is 19.7 Å². The number of carbonyl (C=O) groups excluding carboxylic acids is 1. The summed E-state index contributed by atoms with van der Waals surface area (Å²) in [5, 5.41) is 4.27. The summed E-state index contributed by atoms with van der Waals surface area (Å²) in [6.07, 6.45) is -5.00. The molecule has 2 aromatic heterocycles. The van der Waals surface area contributed by atoms with Crippen LogP contribution < -0.4 is 5.73 Å². The number of aromatic nitrogens is 4. The molecule has 0 aliphatic heterocycles. The molecule has 4 rings (SSSR count). The summed E-state index contributed by atoms with van der Waals surface area (Å²) in [5.74, 6) is -0.814. The van der Waals surface area contributed by atoms with Gasteiger partial charge in [0.25, 0.3) is 5.91 Å². The maximum Gasteiger partial charge on any atom is 0.416 e. The van der Waals surface area contributed by atoms with Crippen molar-refractivity contribution in [3.05, 3.63) is 89.7 Å². The average molecular weight is 503 g/mol. The molecule has 0 bridgehead atoms. The van der Waals surface area contributed by atoms with E-state index in [1.165, 1.54) is 55.0 Å². The van der Waals surface area contributed by atoms with Gasteiger partial charge in [0.1, 0.15) is 0 Å². The van der Waals surface area contributed by atoms with Gasteiger partial charge in [0.15, 0.2) is 11.6 Å². The number of rotatable bonds is 5. The number of hydrogen-bond donors (Lipinski definition) is 1. The summed E-state index contributed by atoms with van der Waals surface area (Å²) in [6.45, 7) is 0. The number of carbonyl (C=O) groups is 1. The van der Waals surface area contributed by atoms with Gasteiger partial charge in [0, 0.05) is 29.7 Å². The lowest BCUT2D eigenvalue weighted by Crippen LogP contribution is -2.14. The van der Waals surface area contributed by atoms with E-state index in [1.807, 2.05) is 0 Å². The number of benzene rings is 2. The molecule has 2 heterocycles. The Morgan fingerprint density at radius 3 is 1.75 bits per heavy atom. The van der Waals surface area contributed by atoms with Crippen LogP contribution in [-0.2, 0) is 17.1 Å². The molecule has 0 aliphatic carbocycles. The van der Waals surface area contributed by atoms with Gasteiger partial charge in [-0.05, 0) is 42.0 Å². The van der Waals surface area contributed by atoms with Gasteiger partial charge in [-0.1, -0.05) is 24.3 Å². The zero-order chi connectivity index (χ0) is 26.1. The topological polar surface area (TPSA) is 86.7 Å². The minimum Gasteiger partial charge on any atom is -0.366 e. The maximum absolute atomic E-state index is 13.0. The quantitative estimate of drug-likeness (QED) is 0.287. The summed E-state index contributed by atoms with van der Waals surface area (Å²) in [7, 11) is 0. The van der Waals surface area contributed by atoms with Crippen molar-refractivity contribution < 1.29 is 31.1 Å². The molecule has 36 heavy (non-hydrogen) atoms. The lowest BCUT2D eigenvalue weighted by Gasteiger charge is -2.08. The lowest BCUT2D eigenvalue weighted by molar-refractivity contribution is -0.138. The van der Waals surface area contributed by atoms with Gasteiger partial charge in [0.2, 0.25) is 0 Å². The highest BCUT2D eigenvalue weighted by Crippen LogP contribution is 2.33. The molecular weight excluding hydrogens is 488 g/mol. The van der Waals surface area contributed by atoms with Crippen LogP contribution in [-0.4, -0.2) is 25.7 Å². The Kier molecular flexibility index (Phi) is 6.35. The van der Waals surface area contributed by atoms with E-state index in [1.54, 1.807) is 0 Å². The van der Waals surface area contributed by atoms with Crippen molar-refractivity contribution in [2.75, 3.05) is 0 Å². The zero-order valence-electron chi connectivity index (χ0n) is 18.0. The van der Waals surface area contributed by atoms with Crippen molar-refractivity contribution in [3.8, 4) is 22.8 Å². The van der Waals surface area contributed by atoms with Crippen LogP contribution in [0.3, 0.4) is 0 Å². The highest BCUT2D eigenvalue weighted by Gasteiger charge is 2.31. The summed E-state index contributed by atoms with van der Waals surface area (Å²) in [5.41, 5.74) is 4.58. The predicted molar refractivity (Wildman–Crippen MR) is 118 cm³/mol. The van der Waals surface area contributed by atoms with Crippen LogP contribution in [0.15, 0.2) is 73.1 Å². The number of nitrogens with zero attached hydrogens (tertiary/aromatic N) is 4. The van der Waals surface area contributed by atoms with Crippen molar-refractivity contribution in [1.29, 1.82) is 0 Å². The Morgan fingerprint density at radius 2 is 1.28 bits per heavy atom. The number of amides is 1. The first-order valence-electron chi connectivity index (χ1n) is 10.2. The zero-order valence-corrected chi connectivity index (χ0v) is 18.0. The van der Waals surface area contributed by atoms with Gasteiger partial charge < -0.3 is 5.73 Å². The van der Waals surface area contributed by atoms with E-state index in [0.717, 1.165) is 28.9 Å². The number of alkyl halides is 6. The first kappa shape index (κ1) is 24.6. The molecule has 0 radical (unpaired) electrons. The molecular formula is C24H15F6N5O. The van der Waals surface area contributed by atoms with E-state index in [4.69, 9.17) is 5.73 Å². The molecule has 1 amide bonds. The van der Waals surface area contributed by atoms with Crippen LogP contribution in [0, 0.1) is 0 Å². The third kappa shape index (κ3) is 5.27. The van der Waals surface area contributed by atoms with Crippen LogP contribution >= 0.6 is 0 Å². The Bertz CT molecular complexity index is 1410. The third-order valence-corrected chi connectivity index (χ3v) is 5.08. The fourth-order valence-corrected chi connectivity index (χ4v) is 3.28. The van der Waals surface area contributed by atoms with E-state index in [-0.39, 0.29) is 28.3 Å². The standard InChI is InChI=1S/C24H15F6N5O/c25-23(26,27)17-5-1-15(2-6-17)21-33-22(16-3-7-18(8-4-16)24(28,29)30)35(34-21)13-19(20(31)36)14-9-11-32-12-10-14/h1-13H,(H2,31,36)/b19-13+. The molecule has 6 nitrogen and oxygen atoms in total. The molecule has 0 unspecified atom stereocenters. The SMILES string of the molecule is NC(=O)/C(=C/n1nc(-c2ccc(C(F)(F)F)cc2)nc1-c1ccc(C(F)(F)F)cc1)c1ccncc1. The van der Waals surface area contributed by atoms with E-state index in [0.29, 0.717) is 5.56 Å². The third-order valence-electron chi connectivity index (χ3n) is 5.08. The number of hydrogen-bond acceptors (Lipinski definition) is 4. The number of primary amides is 1. The molecule has 2 aromatic carbocycles. The molecule has 0 fully saturated rings. The van der Waals surface area contributed by atoms with Gasteiger partial charge in [-0.3, -0.25) is 9.78 Å². The second-order valence-electron chi connectivity index (χ2n) is 7.50. The Labute approximate surface area is 199 Å². The predicted octanol–water partition coefficient (Wildman–Crippen LogP) is 5.53. The summed E-state index contributed by atoms with van der Waals surface area (Å²) in [4.78, 5) is 20.3. The smallest absolute Gasteiger partial charge is 0.366 e. The maximum atomic E-state index is 13.0. The van der Waals surface area contributed by atoms with E-state index < -0.39 is 29.4 Å². The fraction of sp³-hybridized carbons (Fsp3) is 0.0833. The average Bonchev–Trinajstić information content (AvgIpc) is 3.26. The molecule has 184 valence electrons. The monoisotopic (exact) mass is 503 g/mol. The van der Waals surface area contributed by atoms with Crippen LogP contribution in [0.2, 0.25) is 0 Å². The molecule has 0 saturated carbocycles. The lowest BCUT2D eigenvalue weighted by atomic mass is 10.1. The summed E-state index contributed by atoms with van der Waals surface area (Å²) >= 11 is 0. The number of pyridine rings is 1. The Balaban J connectivity index is 1.86. The number of halogens is 6. The first-order chi connectivity index (χ1) is 16.9. The van der Waals surface area contributed by atoms with Gasteiger partial charge in [-0.2, -0.15) is 26.3 Å². The molecule has 0 aliphatic rings. The van der Waals surface area contributed by atoms with Crippen molar-refractivity contribution in [3.63, 3.8) is 0 Å². The van der Waals surface area contributed by atoms with Gasteiger partial charge >= 0.3 is 12.4 Å². The fourth-order valence-electron chi connectivity index (χ4n) is 3.28. The first-order valence-corrected chi connectivity index (χ1v) is 10.2. The minimum absolute atomic E-state index is 0.00516. The molecule has 12 heteroatoms.